The Hall–Kier alpha value is -1.15. The molecule has 0 bridgehead atoms. The Balaban J connectivity index is 2.17. The second-order valence-electron chi connectivity index (χ2n) is 7.63. The molecule has 1 aliphatic heterocycles. The van der Waals surface area contributed by atoms with Crippen LogP contribution in [0, 0.1) is 11.8 Å². The summed E-state index contributed by atoms with van der Waals surface area (Å²) >= 11 is 0. The minimum atomic E-state index is -3.49. The normalized spacial score (nSPS) is 22.7. The van der Waals surface area contributed by atoms with E-state index >= 15 is 0 Å². The Morgan fingerprint density at radius 2 is 1.85 bits per heavy atom. The lowest BCUT2D eigenvalue weighted by Gasteiger charge is -2.35. The van der Waals surface area contributed by atoms with Crippen molar-refractivity contribution in [2.45, 2.75) is 40.2 Å². The van der Waals surface area contributed by atoms with Gasteiger partial charge in [-0.25, -0.2) is 4.72 Å². The molecule has 6 nitrogen and oxygen atoms in total. The van der Waals surface area contributed by atoms with Gasteiger partial charge in [0.05, 0.1) is 7.11 Å². The maximum absolute atomic E-state index is 12.9. The van der Waals surface area contributed by atoms with Gasteiger partial charge in [-0.1, -0.05) is 39.8 Å². The molecule has 3 unspecified atom stereocenters. The van der Waals surface area contributed by atoms with Crippen molar-refractivity contribution in [2.75, 3.05) is 39.8 Å². The van der Waals surface area contributed by atoms with Crippen molar-refractivity contribution in [1.29, 1.82) is 0 Å². The van der Waals surface area contributed by atoms with E-state index < -0.39 is 10.2 Å². The first-order valence-corrected chi connectivity index (χ1v) is 11.4. The Morgan fingerprint density at radius 3 is 2.41 bits per heavy atom. The summed E-state index contributed by atoms with van der Waals surface area (Å²) in [5.41, 5.74) is 1.06. The van der Waals surface area contributed by atoms with E-state index in [9.17, 15) is 8.42 Å². The molecule has 0 radical (unpaired) electrons. The molecular weight excluding hydrogens is 362 g/mol. The second kappa shape index (κ2) is 9.87. The van der Waals surface area contributed by atoms with Crippen LogP contribution in [0.25, 0.3) is 0 Å². The highest BCUT2D eigenvalue weighted by molar-refractivity contribution is 7.87. The molecule has 27 heavy (non-hydrogen) atoms. The van der Waals surface area contributed by atoms with Crippen molar-refractivity contribution in [3.63, 3.8) is 0 Å². The molecule has 1 aromatic carbocycles. The van der Waals surface area contributed by atoms with Crippen molar-refractivity contribution in [3.8, 4) is 5.75 Å². The van der Waals surface area contributed by atoms with Crippen LogP contribution in [0.1, 0.15) is 45.7 Å². The van der Waals surface area contributed by atoms with Crippen molar-refractivity contribution in [1.82, 2.24) is 13.9 Å². The minimum absolute atomic E-state index is 0.0375. The van der Waals surface area contributed by atoms with E-state index in [1.165, 1.54) is 0 Å². The molecule has 154 valence electrons. The number of hydrogen-bond acceptors (Lipinski definition) is 4. The molecule has 1 heterocycles. The highest BCUT2D eigenvalue weighted by atomic mass is 32.2. The van der Waals surface area contributed by atoms with Crippen LogP contribution in [0.4, 0.5) is 0 Å². The first-order chi connectivity index (χ1) is 12.8. The number of ether oxygens (including phenoxy) is 1. The number of likely N-dealkylation sites (N-methyl/N-ethyl adjacent to an activating group) is 1. The number of hydrogen-bond donors (Lipinski definition) is 1. The van der Waals surface area contributed by atoms with Crippen LogP contribution >= 0.6 is 0 Å². The molecule has 3 atom stereocenters. The van der Waals surface area contributed by atoms with Crippen LogP contribution < -0.4 is 9.46 Å². The van der Waals surface area contributed by atoms with E-state index in [0.29, 0.717) is 31.5 Å². The smallest absolute Gasteiger partial charge is 0.279 e. The average molecular weight is 398 g/mol. The van der Waals surface area contributed by atoms with Crippen molar-refractivity contribution < 1.29 is 13.2 Å². The molecule has 1 N–H and O–H groups in total. The van der Waals surface area contributed by atoms with Crippen LogP contribution in [0.2, 0.25) is 0 Å². The molecule has 0 amide bonds. The van der Waals surface area contributed by atoms with Crippen molar-refractivity contribution >= 4 is 10.2 Å². The standard InChI is InChI=1S/C20H35N3O3S/c1-6-22(7-2)20(18-9-8-10-19(12-18)26-5)13-21-27(24,25)23-14-16(3)11-17(4)15-23/h8-10,12,16-17,20-21H,6-7,11,13-15H2,1-5H3. The molecule has 1 aromatic rings. The lowest BCUT2D eigenvalue weighted by molar-refractivity contribution is 0.208. The molecule has 0 aromatic heterocycles. The van der Waals surface area contributed by atoms with E-state index in [1.807, 2.05) is 24.3 Å². The van der Waals surface area contributed by atoms with Gasteiger partial charge in [0.1, 0.15) is 5.75 Å². The summed E-state index contributed by atoms with van der Waals surface area (Å²) in [6.07, 6.45) is 1.08. The van der Waals surface area contributed by atoms with Gasteiger partial charge in [-0.2, -0.15) is 12.7 Å². The Kier molecular flexibility index (Phi) is 8.09. The van der Waals surface area contributed by atoms with E-state index in [0.717, 1.165) is 30.8 Å². The summed E-state index contributed by atoms with van der Waals surface area (Å²) in [4.78, 5) is 2.26. The first-order valence-electron chi connectivity index (χ1n) is 9.93. The fraction of sp³-hybridized carbons (Fsp3) is 0.700. The number of nitrogens with zero attached hydrogens (tertiary/aromatic N) is 2. The van der Waals surface area contributed by atoms with E-state index in [4.69, 9.17) is 4.74 Å². The fourth-order valence-electron chi connectivity index (χ4n) is 4.05. The van der Waals surface area contributed by atoms with Gasteiger partial charge >= 0.3 is 0 Å². The molecule has 0 saturated carbocycles. The molecule has 2 rings (SSSR count). The summed E-state index contributed by atoms with van der Waals surface area (Å²) in [7, 11) is -1.85. The quantitative estimate of drug-likeness (QED) is 0.696. The highest BCUT2D eigenvalue weighted by Crippen LogP contribution is 2.26. The van der Waals surface area contributed by atoms with Crippen LogP contribution in [0.5, 0.6) is 5.75 Å². The van der Waals surface area contributed by atoms with Crippen LogP contribution in [0.15, 0.2) is 24.3 Å². The molecule has 1 saturated heterocycles. The van der Waals surface area contributed by atoms with Gasteiger partial charge in [-0.15, -0.1) is 0 Å². The van der Waals surface area contributed by atoms with Crippen LogP contribution in [-0.2, 0) is 10.2 Å². The maximum Gasteiger partial charge on any atom is 0.279 e. The van der Waals surface area contributed by atoms with Gasteiger partial charge in [0.15, 0.2) is 0 Å². The van der Waals surface area contributed by atoms with Gasteiger partial charge in [0.2, 0.25) is 0 Å². The van der Waals surface area contributed by atoms with E-state index in [2.05, 4.69) is 37.3 Å². The van der Waals surface area contributed by atoms with Gasteiger partial charge in [0.25, 0.3) is 10.2 Å². The summed E-state index contributed by atoms with van der Waals surface area (Å²) in [6, 6.07) is 7.84. The zero-order valence-corrected chi connectivity index (χ0v) is 18.1. The number of piperidine rings is 1. The summed E-state index contributed by atoms with van der Waals surface area (Å²) in [5, 5.41) is 0. The van der Waals surface area contributed by atoms with Gasteiger partial charge in [-0.3, -0.25) is 4.90 Å². The molecule has 1 aliphatic rings. The minimum Gasteiger partial charge on any atom is -0.497 e. The fourth-order valence-corrected chi connectivity index (χ4v) is 5.50. The Labute approximate surface area is 165 Å². The average Bonchev–Trinajstić information content (AvgIpc) is 2.64. The zero-order valence-electron chi connectivity index (χ0n) is 17.3. The van der Waals surface area contributed by atoms with Gasteiger partial charge < -0.3 is 4.74 Å². The van der Waals surface area contributed by atoms with Crippen molar-refractivity contribution in [3.05, 3.63) is 29.8 Å². The molecule has 1 fully saturated rings. The second-order valence-corrected chi connectivity index (χ2v) is 9.39. The van der Waals surface area contributed by atoms with Crippen LogP contribution in [0.3, 0.4) is 0 Å². The summed E-state index contributed by atoms with van der Waals surface area (Å²) in [5.74, 6) is 1.57. The van der Waals surface area contributed by atoms with Gasteiger partial charge in [0, 0.05) is 25.7 Å². The predicted octanol–water partition coefficient (Wildman–Crippen LogP) is 2.89. The summed E-state index contributed by atoms with van der Waals surface area (Å²) < 4.78 is 35.6. The largest absolute Gasteiger partial charge is 0.497 e. The van der Waals surface area contributed by atoms with Crippen LogP contribution in [-0.4, -0.2) is 57.5 Å². The zero-order chi connectivity index (χ0) is 20.0. The topological polar surface area (TPSA) is 61.9 Å². The molecule has 0 spiro atoms. The third kappa shape index (κ3) is 5.91. The monoisotopic (exact) mass is 397 g/mol. The van der Waals surface area contributed by atoms with E-state index in [-0.39, 0.29) is 6.04 Å². The lowest BCUT2D eigenvalue weighted by atomic mass is 9.94. The molecular formula is C20H35N3O3S. The lowest BCUT2D eigenvalue weighted by Crippen LogP contribution is -2.49. The Morgan fingerprint density at radius 1 is 1.22 bits per heavy atom. The molecule has 0 aliphatic carbocycles. The number of nitrogens with one attached hydrogen (secondary N) is 1. The van der Waals surface area contributed by atoms with Crippen molar-refractivity contribution in [2.24, 2.45) is 11.8 Å². The third-order valence-electron chi connectivity index (χ3n) is 5.37. The third-order valence-corrected chi connectivity index (χ3v) is 6.88. The Bertz CT molecular complexity index is 681. The first kappa shape index (κ1) is 22.1. The molecule has 7 heteroatoms. The maximum atomic E-state index is 12.9. The summed E-state index contributed by atoms with van der Waals surface area (Å²) in [6.45, 7) is 11.6. The predicted molar refractivity (Wildman–Crippen MR) is 110 cm³/mol. The SMILES string of the molecule is CCN(CC)C(CNS(=O)(=O)N1CC(C)CC(C)C1)c1cccc(OC)c1. The highest BCUT2D eigenvalue weighted by Gasteiger charge is 2.31. The van der Waals surface area contributed by atoms with E-state index in [1.54, 1.807) is 11.4 Å². The van der Waals surface area contributed by atoms with Gasteiger partial charge in [-0.05, 0) is 49.0 Å². The number of rotatable bonds is 9. The number of benzene rings is 1. The number of methoxy groups -OCH3 is 1.